The van der Waals surface area contributed by atoms with Crippen LogP contribution in [0.3, 0.4) is 0 Å². The van der Waals surface area contributed by atoms with Gasteiger partial charge in [0.05, 0.1) is 6.61 Å². The first-order chi connectivity index (χ1) is 16.3. The summed E-state index contributed by atoms with van der Waals surface area (Å²) in [6, 6.07) is 19.8. The third-order valence-corrected chi connectivity index (χ3v) is 5.94. The van der Waals surface area contributed by atoms with Crippen molar-refractivity contribution in [3.05, 3.63) is 88.5 Å². The van der Waals surface area contributed by atoms with Crippen molar-refractivity contribution < 1.29 is 14.3 Å². The smallest absolute Gasteiger partial charge is 0.255 e. The predicted octanol–water partition coefficient (Wildman–Crippen LogP) is 7.34. The Morgan fingerprint density at radius 3 is 2.09 bits per heavy atom. The molecule has 0 saturated heterocycles. The normalized spacial score (nSPS) is 11.2. The van der Waals surface area contributed by atoms with Crippen molar-refractivity contribution in [1.29, 1.82) is 0 Å². The predicted molar refractivity (Wildman–Crippen MR) is 140 cm³/mol. The fraction of sp³-hybridized carbons (Fsp3) is 0.367. The second-order valence-electron chi connectivity index (χ2n) is 9.40. The van der Waals surface area contributed by atoms with Gasteiger partial charge in [-0.1, -0.05) is 71.0 Å². The van der Waals surface area contributed by atoms with Gasteiger partial charge in [-0.2, -0.15) is 0 Å². The van der Waals surface area contributed by atoms with Crippen LogP contribution in [0.4, 0.5) is 5.69 Å². The van der Waals surface area contributed by atoms with E-state index in [1.165, 1.54) is 0 Å². The highest BCUT2D eigenvalue weighted by molar-refractivity contribution is 6.05. The maximum atomic E-state index is 13.2. The zero-order valence-corrected chi connectivity index (χ0v) is 21.3. The largest absolute Gasteiger partial charge is 0.493 e. The molecule has 3 aromatic rings. The summed E-state index contributed by atoms with van der Waals surface area (Å²) in [5.74, 6) is 1.45. The van der Waals surface area contributed by atoms with Crippen molar-refractivity contribution in [3.8, 4) is 11.5 Å². The first-order valence-corrected chi connectivity index (χ1v) is 12.2. The number of ether oxygens (including phenoxy) is 2. The Bertz CT molecular complexity index is 1110. The first kappa shape index (κ1) is 25.4. The summed E-state index contributed by atoms with van der Waals surface area (Å²) in [5.41, 5.74) is 5.73. The Morgan fingerprint density at radius 1 is 0.794 bits per heavy atom. The van der Waals surface area contributed by atoms with Crippen molar-refractivity contribution >= 4 is 11.6 Å². The molecule has 0 atom stereocenters. The second kappa shape index (κ2) is 11.2. The minimum absolute atomic E-state index is 0.0370. The Hall–Kier alpha value is -3.27. The summed E-state index contributed by atoms with van der Waals surface area (Å²) in [7, 11) is 0. The molecule has 4 heteroatoms. The van der Waals surface area contributed by atoms with Crippen molar-refractivity contribution in [3.63, 3.8) is 0 Å². The van der Waals surface area contributed by atoms with Crippen LogP contribution in [0.15, 0.2) is 60.7 Å². The van der Waals surface area contributed by atoms with Crippen LogP contribution in [0.2, 0.25) is 0 Å². The van der Waals surface area contributed by atoms with Crippen molar-refractivity contribution in [2.75, 3.05) is 11.9 Å². The van der Waals surface area contributed by atoms with E-state index >= 15 is 0 Å². The van der Waals surface area contributed by atoms with E-state index in [4.69, 9.17) is 9.47 Å². The number of hydrogen-bond acceptors (Lipinski definition) is 3. The van der Waals surface area contributed by atoms with Gasteiger partial charge < -0.3 is 14.8 Å². The van der Waals surface area contributed by atoms with E-state index < -0.39 is 0 Å². The van der Waals surface area contributed by atoms with E-state index in [1.54, 1.807) is 0 Å². The van der Waals surface area contributed by atoms with Crippen LogP contribution in [-0.4, -0.2) is 12.5 Å². The molecule has 180 valence electrons. The molecule has 0 spiro atoms. The molecule has 0 bridgehead atoms. The third kappa shape index (κ3) is 5.99. The molecule has 3 rings (SSSR count). The quantitative estimate of drug-likeness (QED) is 0.364. The van der Waals surface area contributed by atoms with Gasteiger partial charge in [0.2, 0.25) is 0 Å². The molecule has 0 aromatic heterocycles. The zero-order chi connectivity index (χ0) is 24.7. The molecule has 0 unspecified atom stereocenters. The number of benzene rings is 3. The number of hydrogen-bond donors (Lipinski definition) is 1. The standard InChI is InChI=1S/C30H37NO3/c1-7-21-13-12-14-22(8-2)28(21)31-29(32)23-17-18-26(33-9-3)24(19-23)20-34-27-16-11-10-15-25(27)30(4,5)6/h10-19H,7-9,20H2,1-6H3,(H,31,32). The molecule has 0 fully saturated rings. The SMILES string of the molecule is CCOc1ccc(C(=O)Nc2c(CC)cccc2CC)cc1COc1ccccc1C(C)(C)C. The second-order valence-corrected chi connectivity index (χ2v) is 9.40. The molecule has 1 N–H and O–H groups in total. The molecular weight excluding hydrogens is 422 g/mol. The third-order valence-electron chi connectivity index (χ3n) is 5.94. The fourth-order valence-electron chi connectivity index (χ4n) is 4.09. The van der Waals surface area contributed by atoms with E-state index in [0.29, 0.717) is 18.8 Å². The lowest BCUT2D eigenvalue weighted by atomic mass is 9.86. The van der Waals surface area contributed by atoms with E-state index in [0.717, 1.165) is 52.3 Å². The van der Waals surface area contributed by atoms with Crippen LogP contribution in [0, 0.1) is 0 Å². The highest BCUT2D eigenvalue weighted by atomic mass is 16.5. The Kier molecular flexibility index (Phi) is 8.38. The lowest BCUT2D eigenvalue weighted by Crippen LogP contribution is -2.16. The first-order valence-electron chi connectivity index (χ1n) is 12.2. The Morgan fingerprint density at radius 2 is 1.47 bits per heavy atom. The maximum absolute atomic E-state index is 13.2. The Balaban J connectivity index is 1.88. The summed E-state index contributed by atoms with van der Waals surface area (Å²) in [6.07, 6.45) is 1.72. The number of rotatable bonds is 9. The van der Waals surface area contributed by atoms with E-state index in [-0.39, 0.29) is 11.3 Å². The number of carbonyl (C=O) groups excluding carboxylic acids is 1. The van der Waals surface area contributed by atoms with Crippen LogP contribution >= 0.6 is 0 Å². The van der Waals surface area contributed by atoms with Gasteiger partial charge in [0.15, 0.2) is 0 Å². The van der Waals surface area contributed by atoms with Gasteiger partial charge in [0.1, 0.15) is 18.1 Å². The number of anilines is 1. The minimum Gasteiger partial charge on any atom is -0.493 e. The fourth-order valence-corrected chi connectivity index (χ4v) is 4.09. The van der Waals surface area contributed by atoms with Gasteiger partial charge >= 0.3 is 0 Å². The number of aryl methyl sites for hydroxylation is 2. The molecule has 0 aliphatic heterocycles. The van der Waals surface area contributed by atoms with Crippen LogP contribution in [0.5, 0.6) is 11.5 Å². The van der Waals surface area contributed by atoms with Gasteiger partial charge in [-0.25, -0.2) is 0 Å². The molecule has 3 aromatic carbocycles. The molecule has 0 saturated carbocycles. The van der Waals surface area contributed by atoms with Gasteiger partial charge in [-0.15, -0.1) is 0 Å². The molecule has 1 amide bonds. The summed E-state index contributed by atoms with van der Waals surface area (Å²) in [5, 5.41) is 3.16. The highest BCUT2D eigenvalue weighted by Gasteiger charge is 2.19. The number of amides is 1. The van der Waals surface area contributed by atoms with E-state index in [1.807, 2.05) is 43.3 Å². The monoisotopic (exact) mass is 459 g/mol. The van der Waals surface area contributed by atoms with Gasteiger partial charge in [0, 0.05) is 16.8 Å². The Labute approximate surface area is 204 Å². The lowest BCUT2D eigenvalue weighted by Gasteiger charge is -2.23. The molecule has 0 aliphatic rings. The van der Waals surface area contributed by atoms with Crippen molar-refractivity contribution in [1.82, 2.24) is 0 Å². The van der Waals surface area contributed by atoms with Crippen LogP contribution in [0.1, 0.15) is 74.2 Å². The van der Waals surface area contributed by atoms with Gasteiger partial charge in [-0.05, 0) is 66.1 Å². The molecule has 34 heavy (non-hydrogen) atoms. The topological polar surface area (TPSA) is 47.6 Å². The van der Waals surface area contributed by atoms with Crippen LogP contribution in [0.25, 0.3) is 0 Å². The summed E-state index contributed by atoms with van der Waals surface area (Å²) in [4.78, 5) is 13.2. The van der Waals surface area contributed by atoms with Gasteiger partial charge in [-0.3, -0.25) is 4.79 Å². The summed E-state index contributed by atoms with van der Waals surface area (Å²) in [6.45, 7) is 13.5. The zero-order valence-electron chi connectivity index (χ0n) is 21.3. The maximum Gasteiger partial charge on any atom is 0.255 e. The lowest BCUT2D eigenvalue weighted by molar-refractivity contribution is 0.102. The number of nitrogens with one attached hydrogen (secondary N) is 1. The summed E-state index contributed by atoms with van der Waals surface area (Å²) < 4.78 is 12.1. The summed E-state index contributed by atoms with van der Waals surface area (Å²) >= 11 is 0. The highest BCUT2D eigenvalue weighted by Crippen LogP contribution is 2.32. The number of para-hydroxylation sites is 2. The average molecular weight is 460 g/mol. The van der Waals surface area contributed by atoms with Crippen LogP contribution in [-0.2, 0) is 24.9 Å². The van der Waals surface area contributed by atoms with Crippen molar-refractivity contribution in [2.45, 2.75) is 66.4 Å². The minimum atomic E-state index is -0.130. The van der Waals surface area contributed by atoms with E-state index in [2.05, 4.69) is 64.2 Å². The van der Waals surface area contributed by atoms with Gasteiger partial charge in [0.25, 0.3) is 5.91 Å². The molecule has 0 aliphatic carbocycles. The molecular formula is C30H37NO3. The van der Waals surface area contributed by atoms with Crippen molar-refractivity contribution in [2.24, 2.45) is 0 Å². The molecule has 0 radical (unpaired) electrons. The molecule has 0 heterocycles. The molecule has 4 nitrogen and oxygen atoms in total. The van der Waals surface area contributed by atoms with Crippen LogP contribution < -0.4 is 14.8 Å². The van der Waals surface area contributed by atoms with E-state index in [9.17, 15) is 4.79 Å². The average Bonchev–Trinajstić information content (AvgIpc) is 2.83. The number of carbonyl (C=O) groups is 1.